The van der Waals surface area contributed by atoms with E-state index in [0.717, 1.165) is 22.6 Å². The van der Waals surface area contributed by atoms with Gasteiger partial charge >= 0.3 is 0 Å². The lowest BCUT2D eigenvalue weighted by Gasteiger charge is -2.08. The van der Waals surface area contributed by atoms with E-state index in [1.54, 1.807) is 27.2 Å². The number of hydrogen-bond donors (Lipinski definition) is 3. The smallest absolute Gasteiger partial charge is 0.253 e. The summed E-state index contributed by atoms with van der Waals surface area (Å²) in [6, 6.07) is 7.59. The van der Waals surface area contributed by atoms with Crippen LogP contribution in [0.5, 0.6) is 5.75 Å². The first-order valence-corrected chi connectivity index (χ1v) is 8.57. The molecule has 0 aliphatic rings. The number of benzene rings is 1. The Morgan fingerprint density at radius 3 is 2.48 bits per heavy atom. The van der Waals surface area contributed by atoms with Gasteiger partial charge in [0.05, 0.1) is 30.3 Å². The number of ketones is 1. The van der Waals surface area contributed by atoms with Gasteiger partial charge in [-0.25, -0.2) is 0 Å². The quantitative estimate of drug-likeness (QED) is 0.583. The second-order valence-corrected chi connectivity index (χ2v) is 6.36. The van der Waals surface area contributed by atoms with Gasteiger partial charge in [0.15, 0.2) is 5.78 Å². The van der Waals surface area contributed by atoms with Gasteiger partial charge in [-0.15, -0.1) is 0 Å². The van der Waals surface area contributed by atoms with Crippen molar-refractivity contribution in [3.8, 4) is 17.0 Å². The van der Waals surface area contributed by atoms with Crippen molar-refractivity contribution in [1.29, 1.82) is 0 Å². The van der Waals surface area contributed by atoms with E-state index in [0.29, 0.717) is 29.1 Å². The van der Waals surface area contributed by atoms with Crippen LogP contribution in [-0.2, 0) is 6.54 Å². The van der Waals surface area contributed by atoms with E-state index in [1.165, 1.54) is 6.92 Å². The lowest BCUT2D eigenvalue weighted by atomic mass is 10.1. The maximum absolute atomic E-state index is 12.7. The molecule has 0 spiro atoms. The Hall–Kier alpha value is -3.35. The molecule has 1 amide bonds. The summed E-state index contributed by atoms with van der Waals surface area (Å²) >= 11 is 0. The van der Waals surface area contributed by atoms with Crippen molar-refractivity contribution < 1.29 is 14.3 Å². The molecule has 2 heterocycles. The Kier molecular flexibility index (Phi) is 5.12. The minimum absolute atomic E-state index is 0.0914. The third kappa shape index (κ3) is 3.62. The van der Waals surface area contributed by atoms with Crippen molar-refractivity contribution >= 4 is 11.7 Å². The van der Waals surface area contributed by atoms with E-state index < -0.39 is 0 Å². The largest absolute Gasteiger partial charge is 0.497 e. The average molecular weight is 366 g/mol. The van der Waals surface area contributed by atoms with Gasteiger partial charge in [-0.3, -0.25) is 14.7 Å². The molecule has 7 heteroatoms. The number of rotatable bonds is 6. The number of aryl methyl sites for hydroxylation is 1. The molecule has 0 saturated heterocycles. The fourth-order valence-electron chi connectivity index (χ4n) is 3.16. The van der Waals surface area contributed by atoms with Crippen LogP contribution in [0.25, 0.3) is 11.3 Å². The molecule has 0 unspecified atom stereocenters. The molecule has 2 aromatic heterocycles. The van der Waals surface area contributed by atoms with E-state index in [1.807, 2.05) is 24.3 Å². The van der Waals surface area contributed by atoms with Gasteiger partial charge in [0, 0.05) is 30.3 Å². The fourth-order valence-corrected chi connectivity index (χ4v) is 3.16. The highest BCUT2D eigenvalue weighted by molar-refractivity contribution is 6.02. The number of carbonyl (C=O) groups is 2. The molecule has 0 bridgehead atoms. The van der Waals surface area contributed by atoms with Crippen LogP contribution in [0.3, 0.4) is 0 Å². The number of methoxy groups -OCH3 is 1. The minimum atomic E-state index is -0.226. The maximum atomic E-state index is 12.7. The molecule has 3 rings (SSSR count). The number of nitrogens with zero attached hydrogens (tertiary/aromatic N) is 1. The van der Waals surface area contributed by atoms with Gasteiger partial charge in [0.2, 0.25) is 0 Å². The van der Waals surface area contributed by atoms with Crippen LogP contribution in [0.4, 0.5) is 0 Å². The SMILES string of the molecule is COc1ccc(-c2[nH]ncc2CNC(=O)c2c(C)[nH]c(C(C)=O)c2C)cc1. The van der Waals surface area contributed by atoms with Crippen LogP contribution in [-0.4, -0.2) is 34.0 Å². The standard InChI is InChI=1S/C20H22N4O3/c1-11-17(12(2)23-18(11)13(3)25)20(26)21-9-15-10-22-24-19(15)14-5-7-16(27-4)8-6-14/h5-8,10,23H,9H2,1-4H3,(H,21,26)(H,22,24). The number of H-pyrrole nitrogens is 2. The monoisotopic (exact) mass is 366 g/mol. The number of ether oxygens (including phenoxy) is 1. The molecule has 3 N–H and O–H groups in total. The molecule has 0 atom stereocenters. The van der Waals surface area contributed by atoms with Gasteiger partial charge in [0.25, 0.3) is 5.91 Å². The van der Waals surface area contributed by atoms with Gasteiger partial charge in [-0.1, -0.05) is 0 Å². The van der Waals surface area contributed by atoms with E-state index in [2.05, 4.69) is 20.5 Å². The van der Waals surface area contributed by atoms with Gasteiger partial charge in [-0.05, 0) is 43.7 Å². The molecule has 0 radical (unpaired) electrons. The lowest BCUT2D eigenvalue weighted by molar-refractivity contribution is 0.0949. The predicted molar refractivity (Wildman–Crippen MR) is 102 cm³/mol. The lowest BCUT2D eigenvalue weighted by Crippen LogP contribution is -2.24. The number of aromatic amines is 2. The van der Waals surface area contributed by atoms with Crippen LogP contribution < -0.4 is 10.1 Å². The number of nitrogens with one attached hydrogen (secondary N) is 3. The Labute approximate surface area is 157 Å². The van der Waals surface area contributed by atoms with Crippen molar-refractivity contribution in [3.05, 3.63) is 58.5 Å². The second-order valence-electron chi connectivity index (χ2n) is 6.36. The number of carbonyl (C=O) groups excluding carboxylic acids is 2. The second kappa shape index (κ2) is 7.49. The number of amides is 1. The number of Topliss-reactive ketones (excluding diaryl/α,β-unsaturated/α-hetero) is 1. The minimum Gasteiger partial charge on any atom is -0.497 e. The number of hydrogen-bond acceptors (Lipinski definition) is 4. The van der Waals surface area contributed by atoms with Crippen LogP contribution in [0.15, 0.2) is 30.5 Å². The summed E-state index contributed by atoms with van der Waals surface area (Å²) in [7, 11) is 1.62. The molecule has 7 nitrogen and oxygen atoms in total. The topological polar surface area (TPSA) is 99.9 Å². The maximum Gasteiger partial charge on any atom is 0.253 e. The molecule has 0 fully saturated rings. The Bertz CT molecular complexity index is 983. The highest BCUT2D eigenvalue weighted by Crippen LogP contribution is 2.24. The van der Waals surface area contributed by atoms with Crippen molar-refractivity contribution in [3.63, 3.8) is 0 Å². The zero-order valence-electron chi connectivity index (χ0n) is 15.8. The Morgan fingerprint density at radius 1 is 1.19 bits per heavy atom. The Morgan fingerprint density at radius 2 is 1.89 bits per heavy atom. The van der Waals surface area contributed by atoms with Crippen LogP contribution in [0, 0.1) is 13.8 Å². The van der Waals surface area contributed by atoms with Gasteiger partial charge in [0.1, 0.15) is 5.75 Å². The fraction of sp³-hybridized carbons (Fsp3) is 0.250. The van der Waals surface area contributed by atoms with Gasteiger partial charge in [-0.2, -0.15) is 5.10 Å². The third-order valence-electron chi connectivity index (χ3n) is 4.55. The first-order chi connectivity index (χ1) is 12.9. The number of aromatic nitrogens is 3. The van der Waals surface area contributed by atoms with Crippen LogP contribution in [0.1, 0.15) is 44.6 Å². The van der Waals surface area contributed by atoms with E-state index in [4.69, 9.17) is 4.74 Å². The normalized spacial score (nSPS) is 10.7. The summed E-state index contributed by atoms with van der Waals surface area (Å²) in [5, 5.41) is 9.98. The van der Waals surface area contributed by atoms with Gasteiger partial charge < -0.3 is 15.0 Å². The van der Waals surface area contributed by atoms with E-state index in [-0.39, 0.29) is 11.7 Å². The molecule has 0 aliphatic carbocycles. The summed E-state index contributed by atoms with van der Waals surface area (Å²) in [6.07, 6.45) is 1.69. The van der Waals surface area contributed by atoms with Crippen molar-refractivity contribution in [2.24, 2.45) is 0 Å². The first-order valence-electron chi connectivity index (χ1n) is 8.57. The van der Waals surface area contributed by atoms with Crippen molar-refractivity contribution in [2.75, 3.05) is 7.11 Å². The van der Waals surface area contributed by atoms with Crippen molar-refractivity contribution in [1.82, 2.24) is 20.5 Å². The average Bonchev–Trinajstić information content (AvgIpc) is 3.24. The Balaban J connectivity index is 1.77. The molecular weight excluding hydrogens is 344 g/mol. The summed E-state index contributed by atoms with van der Waals surface area (Å²) in [5.41, 5.74) is 4.98. The summed E-state index contributed by atoms with van der Waals surface area (Å²) in [6.45, 7) is 5.35. The highest BCUT2D eigenvalue weighted by atomic mass is 16.5. The highest BCUT2D eigenvalue weighted by Gasteiger charge is 2.20. The zero-order chi connectivity index (χ0) is 19.6. The molecule has 140 valence electrons. The molecule has 0 aliphatic heterocycles. The summed E-state index contributed by atoms with van der Waals surface area (Å²) < 4.78 is 5.18. The van der Waals surface area contributed by atoms with E-state index >= 15 is 0 Å². The molecule has 1 aromatic carbocycles. The van der Waals surface area contributed by atoms with Crippen LogP contribution >= 0.6 is 0 Å². The predicted octanol–water partition coefficient (Wildman–Crippen LogP) is 3.16. The zero-order valence-corrected chi connectivity index (χ0v) is 15.8. The molecule has 0 saturated carbocycles. The van der Waals surface area contributed by atoms with Crippen LogP contribution in [0.2, 0.25) is 0 Å². The molecule has 3 aromatic rings. The summed E-state index contributed by atoms with van der Waals surface area (Å²) in [5.74, 6) is 0.453. The van der Waals surface area contributed by atoms with Crippen molar-refractivity contribution in [2.45, 2.75) is 27.3 Å². The molecule has 27 heavy (non-hydrogen) atoms. The third-order valence-corrected chi connectivity index (χ3v) is 4.55. The first kappa shape index (κ1) is 18.4. The summed E-state index contributed by atoms with van der Waals surface area (Å²) in [4.78, 5) is 27.3. The molecular formula is C20H22N4O3. The van der Waals surface area contributed by atoms with E-state index in [9.17, 15) is 9.59 Å².